The van der Waals surface area contributed by atoms with E-state index in [1.165, 1.54) is 10.4 Å². The molecular weight excluding hydrogens is 321 g/mol. The monoisotopic (exact) mass is 337 g/mol. The molecule has 1 aromatic rings. The minimum Gasteiger partial charge on any atom is -0.377 e. The van der Waals surface area contributed by atoms with E-state index in [-0.39, 0.29) is 16.9 Å². The average molecular weight is 338 g/mol. The standard InChI is InChI=1S/C13H17Cl2NO3S/c1-10-9-16(5-2-6-19-10)20(17,18)12-3-4-13(15)11(7-12)8-14/h3-4,7,10H,2,5-6,8-9H2,1H3. The molecule has 1 saturated heterocycles. The van der Waals surface area contributed by atoms with Gasteiger partial charge in [0.05, 0.1) is 11.0 Å². The van der Waals surface area contributed by atoms with Crippen LogP contribution in [0.3, 0.4) is 0 Å². The van der Waals surface area contributed by atoms with Crippen molar-refractivity contribution in [2.75, 3.05) is 19.7 Å². The lowest BCUT2D eigenvalue weighted by atomic mass is 10.2. The smallest absolute Gasteiger partial charge is 0.243 e. The first-order valence-corrected chi connectivity index (χ1v) is 8.76. The first kappa shape index (κ1) is 16.0. The highest BCUT2D eigenvalue weighted by Crippen LogP contribution is 2.25. The average Bonchev–Trinajstić information content (AvgIpc) is 2.64. The molecule has 2 rings (SSSR count). The molecule has 0 saturated carbocycles. The highest BCUT2D eigenvalue weighted by molar-refractivity contribution is 7.89. The Bertz CT molecular complexity index is 577. The molecule has 1 aliphatic heterocycles. The van der Waals surface area contributed by atoms with Crippen LogP contribution in [0, 0.1) is 0 Å². The Morgan fingerprint density at radius 1 is 1.45 bits per heavy atom. The molecule has 1 heterocycles. The fraction of sp³-hybridized carbons (Fsp3) is 0.538. The van der Waals surface area contributed by atoms with Crippen molar-refractivity contribution < 1.29 is 13.2 Å². The van der Waals surface area contributed by atoms with Crippen molar-refractivity contribution in [2.45, 2.75) is 30.2 Å². The van der Waals surface area contributed by atoms with E-state index in [4.69, 9.17) is 27.9 Å². The molecule has 0 spiro atoms. The molecule has 1 fully saturated rings. The van der Waals surface area contributed by atoms with Crippen molar-refractivity contribution in [1.82, 2.24) is 4.31 Å². The number of alkyl halides is 1. The van der Waals surface area contributed by atoms with Gasteiger partial charge < -0.3 is 4.74 Å². The lowest BCUT2D eigenvalue weighted by Gasteiger charge is -2.22. The summed E-state index contributed by atoms with van der Waals surface area (Å²) < 4.78 is 32.2. The Balaban J connectivity index is 2.33. The summed E-state index contributed by atoms with van der Waals surface area (Å²) >= 11 is 11.7. The van der Waals surface area contributed by atoms with Gasteiger partial charge in [-0.2, -0.15) is 4.31 Å². The summed E-state index contributed by atoms with van der Waals surface area (Å²) in [6.07, 6.45) is 0.589. The van der Waals surface area contributed by atoms with Crippen LogP contribution in [-0.4, -0.2) is 38.5 Å². The van der Waals surface area contributed by atoms with E-state index in [2.05, 4.69) is 0 Å². The van der Waals surface area contributed by atoms with Crippen LogP contribution in [0.4, 0.5) is 0 Å². The second-order valence-electron chi connectivity index (χ2n) is 4.78. The highest BCUT2D eigenvalue weighted by atomic mass is 35.5. The Kier molecular flexibility index (Phi) is 5.31. The summed E-state index contributed by atoms with van der Waals surface area (Å²) in [7, 11) is -3.53. The molecule has 1 aliphatic rings. The van der Waals surface area contributed by atoms with Gasteiger partial charge >= 0.3 is 0 Å². The van der Waals surface area contributed by atoms with E-state index in [0.29, 0.717) is 36.7 Å². The van der Waals surface area contributed by atoms with Crippen molar-refractivity contribution in [3.63, 3.8) is 0 Å². The molecule has 1 unspecified atom stereocenters. The van der Waals surface area contributed by atoms with Gasteiger partial charge in [0.25, 0.3) is 0 Å². The maximum absolute atomic E-state index is 12.6. The molecule has 0 radical (unpaired) electrons. The minimum atomic E-state index is -3.53. The molecule has 1 atom stereocenters. The second kappa shape index (κ2) is 6.62. The van der Waals surface area contributed by atoms with Crippen LogP contribution in [0.25, 0.3) is 0 Å². The Hall–Kier alpha value is -0.330. The molecule has 0 aromatic heterocycles. The molecule has 112 valence electrons. The van der Waals surface area contributed by atoms with E-state index in [0.717, 1.165) is 0 Å². The largest absolute Gasteiger partial charge is 0.377 e. The minimum absolute atomic E-state index is 0.105. The number of hydrogen-bond donors (Lipinski definition) is 0. The first-order chi connectivity index (χ1) is 9.45. The van der Waals surface area contributed by atoms with Gasteiger partial charge in [-0.3, -0.25) is 0 Å². The van der Waals surface area contributed by atoms with Crippen LogP contribution in [0.15, 0.2) is 23.1 Å². The predicted molar refractivity (Wildman–Crippen MR) is 79.8 cm³/mol. The topological polar surface area (TPSA) is 46.6 Å². The molecular formula is C13H17Cl2NO3S. The zero-order chi connectivity index (χ0) is 14.8. The molecule has 1 aromatic carbocycles. The van der Waals surface area contributed by atoms with Crippen molar-refractivity contribution in [1.29, 1.82) is 0 Å². The summed E-state index contributed by atoms with van der Waals surface area (Å²) in [5.41, 5.74) is 0.619. The number of halogens is 2. The van der Waals surface area contributed by atoms with Gasteiger partial charge in [0.1, 0.15) is 0 Å². The van der Waals surface area contributed by atoms with Gasteiger partial charge in [-0.25, -0.2) is 8.42 Å². The maximum atomic E-state index is 12.6. The lowest BCUT2D eigenvalue weighted by Crippen LogP contribution is -2.35. The van der Waals surface area contributed by atoms with Gasteiger partial charge in [-0.15, -0.1) is 11.6 Å². The van der Waals surface area contributed by atoms with Crippen molar-refractivity contribution >= 4 is 33.2 Å². The van der Waals surface area contributed by atoms with Gasteiger partial charge in [-0.1, -0.05) is 11.6 Å². The predicted octanol–water partition coefficient (Wildman–Crippen LogP) is 2.88. The highest BCUT2D eigenvalue weighted by Gasteiger charge is 2.28. The van der Waals surface area contributed by atoms with Crippen LogP contribution in [0.5, 0.6) is 0 Å². The van der Waals surface area contributed by atoms with Crippen molar-refractivity contribution in [3.05, 3.63) is 28.8 Å². The second-order valence-corrected chi connectivity index (χ2v) is 7.40. The molecule has 0 aliphatic carbocycles. The molecule has 4 nitrogen and oxygen atoms in total. The number of sulfonamides is 1. The third kappa shape index (κ3) is 3.46. The summed E-state index contributed by atoms with van der Waals surface area (Å²) in [6.45, 7) is 3.29. The molecule has 0 N–H and O–H groups in total. The van der Waals surface area contributed by atoms with E-state index in [9.17, 15) is 8.42 Å². The zero-order valence-electron chi connectivity index (χ0n) is 11.2. The van der Waals surface area contributed by atoms with Crippen LogP contribution < -0.4 is 0 Å². The van der Waals surface area contributed by atoms with Crippen molar-refractivity contribution in [3.8, 4) is 0 Å². The van der Waals surface area contributed by atoms with E-state index >= 15 is 0 Å². The summed E-state index contributed by atoms with van der Waals surface area (Å²) in [5, 5.41) is 0.478. The Morgan fingerprint density at radius 2 is 2.20 bits per heavy atom. The summed E-state index contributed by atoms with van der Waals surface area (Å²) in [4.78, 5) is 0.228. The molecule has 0 amide bonds. The van der Waals surface area contributed by atoms with Crippen LogP contribution in [0.1, 0.15) is 18.9 Å². The van der Waals surface area contributed by atoms with E-state index < -0.39 is 10.0 Å². The molecule has 0 bridgehead atoms. The third-order valence-corrected chi connectivity index (χ3v) is 5.73. The van der Waals surface area contributed by atoms with Crippen molar-refractivity contribution in [2.24, 2.45) is 0 Å². The first-order valence-electron chi connectivity index (χ1n) is 6.41. The zero-order valence-corrected chi connectivity index (χ0v) is 13.5. The fourth-order valence-electron chi connectivity index (χ4n) is 2.14. The van der Waals surface area contributed by atoms with Crippen LogP contribution in [-0.2, 0) is 20.6 Å². The quantitative estimate of drug-likeness (QED) is 0.796. The van der Waals surface area contributed by atoms with E-state index in [1.54, 1.807) is 12.1 Å². The number of nitrogens with zero attached hydrogens (tertiary/aromatic N) is 1. The third-order valence-electron chi connectivity index (χ3n) is 3.21. The number of hydrogen-bond acceptors (Lipinski definition) is 3. The molecule has 20 heavy (non-hydrogen) atoms. The van der Waals surface area contributed by atoms with Crippen LogP contribution in [0.2, 0.25) is 5.02 Å². The van der Waals surface area contributed by atoms with Gasteiger partial charge in [0.2, 0.25) is 10.0 Å². The summed E-state index contributed by atoms with van der Waals surface area (Å²) in [5.74, 6) is 0.182. The summed E-state index contributed by atoms with van der Waals surface area (Å²) in [6, 6.07) is 4.63. The Morgan fingerprint density at radius 3 is 2.90 bits per heavy atom. The SMILES string of the molecule is CC1CN(S(=O)(=O)c2ccc(Cl)c(CCl)c2)CCCO1. The lowest BCUT2D eigenvalue weighted by molar-refractivity contribution is 0.0752. The van der Waals surface area contributed by atoms with Gasteiger partial charge in [0.15, 0.2) is 0 Å². The molecule has 7 heteroatoms. The number of rotatable bonds is 3. The van der Waals surface area contributed by atoms with Crippen LogP contribution >= 0.6 is 23.2 Å². The maximum Gasteiger partial charge on any atom is 0.243 e. The Labute approximate surface area is 129 Å². The van der Waals surface area contributed by atoms with Gasteiger partial charge in [-0.05, 0) is 37.1 Å². The van der Waals surface area contributed by atoms with E-state index in [1.807, 2.05) is 6.92 Å². The fourth-order valence-corrected chi connectivity index (χ4v) is 4.22. The number of ether oxygens (including phenoxy) is 1. The number of benzene rings is 1. The van der Waals surface area contributed by atoms with Gasteiger partial charge in [0, 0.05) is 30.6 Å². The normalized spacial score (nSPS) is 21.6.